The lowest BCUT2D eigenvalue weighted by Crippen LogP contribution is -2.51. The van der Waals surface area contributed by atoms with Crippen LogP contribution in [-0.4, -0.2) is 71.7 Å². The highest BCUT2D eigenvalue weighted by atomic mass is 31.2. The number of hydrogen-bond donors (Lipinski definition) is 4. The SMILES string of the molecule is CCCCCCCC/C=C\CCCCCCCC(=O)O[C@H](COC(=O)CCCCCCCCCCCCCCC)COP(=O)(O)OCC(N)(CO)CO. The van der Waals surface area contributed by atoms with Gasteiger partial charge in [0.1, 0.15) is 6.61 Å². The number of unbranched alkanes of at least 4 members (excludes halogenated alkanes) is 23. The van der Waals surface area contributed by atoms with Gasteiger partial charge in [-0.25, -0.2) is 4.57 Å². The van der Waals surface area contributed by atoms with Crippen molar-refractivity contribution in [1.29, 1.82) is 0 Å². The molecular weight excluding hydrogens is 697 g/mol. The molecule has 11 nitrogen and oxygen atoms in total. The van der Waals surface area contributed by atoms with E-state index in [1.807, 2.05) is 0 Å². The zero-order chi connectivity index (χ0) is 39.3. The smallest absolute Gasteiger partial charge is 0.462 e. The molecule has 0 aliphatic heterocycles. The lowest BCUT2D eigenvalue weighted by molar-refractivity contribution is -0.161. The minimum atomic E-state index is -4.70. The molecule has 0 spiro atoms. The fourth-order valence-electron chi connectivity index (χ4n) is 5.81. The van der Waals surface area contributed by atoms with Crippen molar-refractivity contribution in [3.05, 3.63) is 12.2 Å². The number of aliphatic hydroxyl groups excluding tert-OH is 2. The highest BCUT2D eigenvalue weighted by Gasteiger charge is 2.31. The van der Waals surface area contributed by atoms with E-state index >= 15 is 0 Å². The average Bonchev–Trinajstić information content (AvgIpc) is 3.15. The molecule has 0 saturated carbocycles. The molecule has 0 aromatic rings. The number of carbonyl (C=O) groups is 2. The Hall–Kier alpha value is -1.33. The number of ether oxygens (including phenoxy) is 2. The largest absolute Gasteiger partial charge is 0.472 e. The maximum Gasteiger partial charge on any atom is 0.472 e. The van der Waals surface area contributed by atoms with Crippen molar-refractivity contribution >= 4 is 19.8 Å². The first-order valence-corrected chi connectivity index (χ1v) is 22.7. The lowest BCUT2D eigenvalue weighted by Gasteiger charge is -2.25. The van der Waals surface area contributed by atoms with E-state index in [9.17, 15) is 29.3 Å². The second kappa shape index (κ2) is 36.3. The Morgan fingerprint density at radius 1 is 0.604 bits per heavy atom. The Morgan fingerprint density at radius 2 is 1.00 bits per heavy atom. The van der Waals surface area contributed by atoms with Gasteiger partial charge in [-0.2, -0.15) is 0 Å². The van der Waals surface area contributed by atoms with E-state index in [4.69, 9.17) is 24.3 Å². The highest BCUT2D eigenvalue weighted by molar-refractivity contribution is 7.47. The van der Waals surface area contributed by atoms with Crippen LogP contribution in [0.25, 0.3) is 0 Å². The van der Waals surface area contributed by atoms with Gasteiger partial charge in [0, 0.05) is 12.8 Å². The number of rotatable bonds is 40. The summed E-state index contributed by atoms with van der Waals surface area (Å²) in [5.74, 6) is -0.951. The first-order chi connectivity index (χ1) is 25.6. The van der Waals surface area contributed by atoms with Crippen LogP contribution in [0.4, 0.5) is 0 Å². The minimum Gasteiger partial charge on any atom is -0.462 e. The molecule has 0 aliphatic rings. The van der Waals surface area contributed by atoms with Crippen LogP contribution in [0.5, 0.6) is 0 Å². The molecule has 0 bridgehead atoms. The topological polar surface area (TPSA) is 175 Å². The zero-order valence-corrected chi connectivity index (χ0v) is 34.7. The van der Waals surface area contributed by atoms with E-state index in [2.05, 4.69) is 26.0 Å². The van der Waals surface area contributed by atoms with Crippen LogP contribution < -0.4 is 5.73 Å². The van der Waals surface area contributed by atoms with Gasteiger partial charge in [-0.1, -0.05) is 154 Å². The predicted molar refractivity (Wildman–Crippen MR) is 213 cm³/mol. The lowest BCUT2D eigenvalue weighted by atomic mass is 10.0. The van der Waals surface area contributed by atoms with Crippen LogP contribution in [0.1, 0.15) is 194 Å². The number of phosphoric acid groups is 1. The van der Waals surface area contributed by atoms with E-state index in [0.29, 0.717) is 12.8 Å². The van der Waals surface area contributed by atoms with Gasteiger partial charge in [-0.05, 0) is 38.5 Å². The summed E-state index contributed by atoms with van der Waals surface area (Å²) in [6.45, 7) is 1.56. The Kier molecular flexibility index (Phi) is 35.4. The molecule has 0 radical (unpaired) electrons. The molecule has 2 atom stereocenters. The maximum absolute atomic E-state index is 12.6. The van der Waals surface area contributed by atoms with Crippen LogP contribution in [-0.2, 0) is 32.7 Å². The van der Waals surface area contributed by atoms with Gasteiger partial charge in [0.15, 0.2) is 6.10 Å². The summed E-state index contributed by atoms with van der Waals surface area (Å²) in [6.07, 6.45) is 34.3. The predicted octanol–water partition coefficient (Wildman–Crippen LogP) is 9.78. The first kappa shape index (κ1) is 51.7. The van der Waals surface area contributed by atoms with Crippen molar-refractivity contribution in [3.8, 4) is 0 Å². The van der Waals surface area contributed by atoms with Crippen molar-refractivity contribution < 1.29 is 47.8 Å². The monoisotopic (exact) mass is 778 g/mol. The van der Waals surface area contributed by atoms with E-state index < -0.39 is 57.8 Å². The molecule has 0 aliphatic carbocycles. The molecule has 1 unspecified atom stereocenters. The summed E-state index contributed by atoms with van der Waals surface area (Å²) >= 11 is 0. The molecule has 0 aromatic carbocycles. The minimum absolute atomic E-state index is 0.164. The van der Waals surface area contributed by atoms with Crippen molar-refractivity contribution in [2.75, 3.05) is 33.0 Å². The molecule has 0 amide bonds. The summed E-state index contributed by atoms with van der Waals surface area (Å²) in [7, 11) is -4.70. The third-order valence-electron chi connectivity index (χ3n) is 9.42. The molecule has 53 heavy (non-hydrogen) atoms. The van der Waals surface area contributed by atoms with Crippen molar-refractivity contribution in [3.63, 3.8) is 0 Å². The quantitative estimate of drug-likeness (QED) is 0.0202. The van der Waals surface area contributed by atoms with Crippen molar-refractivity contribution in [1.82, 2.24) is 0 Å². The van der Waals surface area contributed by atoms with Gasteiger partial charge >= 0.3 is 19.8 Å². The summed E-state index contributed by atoms with van der Waals surface area (Å²) in [4.78, 5) is 35.2. The maximum atomic E-state index is 12.6. The molecule has 0 aromatic heterocycles. The van der Waals surface area contributed by atoms with Crippen LogP contribution in [0, 0.1) is 0 Å². The standard InChI is InChI=1S/C41H80NO10P/c1-3-5-7-9-11-13-15-17-18-20-22-24-26-28-30-32-40(46)52-38(34-50-53(47,48)51-37-41(42,35-43)36-44)33-49-39(45)31-29-27-25-23-21-19-16-14-12-10-8-6-4-2/h17-18,38,43-44H,3-16,19-37,42H2,1-2H3,(H,47,48)/b18-17-/t38-/m1/s1. The van der Waals surface area contributed by atoms with Crippen molar-refractivity contribution in [2.45, 2.75) is 205 Å². The van der Waals surface area contributed by atoms with E-state index in [1.165, 1.54) is 96.3 Å². The van der Waals surface area contributed by atoms with E-state index in [0.717, 1.165) is 57.8 Å². The fraction of sp³-hybridized carbons (Fsp3) is 0.902. The normalized spacial score (nSPS) is 13.7. The summed E-state index contributed by atoms with van der Waals surface area (Å²) in [5, 5.41) is 18.6. The van der Waals surface area contributed by atoms with Crippen LogP contribution in [0.15, 0.2) is 12.2 Å². The number of hydrogen-bond acceptors (Lipinski definition) is 10. The summed E-state index contributed by atoms with van der Waals surface area (Å²) < 4.78 is 33.1. The van der Waals surface area contributed by atoms with Crippen LogP contribution >= 0.6 is 7.82 Å². The molecule has 0 saturated heterocycles. The van der Waals surface area contributed by atoms with Gasteiger partial charge in [0.05, 0.1) is 32.0 Å². The molecule has 0 fully saturated rings. The van der Waals surface area contributed by atoms with Gasteiger partial charge in [-0.3, -0.25) is 18.6 Å². The Bertz CT molecular complexity index is 930. The number of aliphatic hydroxyl groups is 2. The first-order valence-electron chi connectivity index (χ1n) is 21.2. The van der Waals surface area contributed by atoms with E-state index in [-0.39, 0.29) is 19.4 Å². The number of phosphoric ester groups is 1. The third-order valence-corrected chi connectivity index (χ3v) is 10.4. The molecule has 314 valence electrons. The fourth-order valence-corrected chi connectivity index (χ4v) is 6.66. The van der Waals surface area contributed by atoms with E-state index in [1.54, 1.807) is 0 Å². The van der Waals surface area contributed by atoms with Gasteiger partial charge < -0.3 is 30.3 Å². The van der Waals surface area contributed by atoms with Crippen LogP contribution in [0.2, 0.25) is 0 Å². The van der Waals surface area contributed by atoms with Crippen LogP contribution in [0.3, 0.4) is 0 Å². The molecule has 12 heteroatoms. The summed E-state index contributed by atoms with van der Waals surface area (Å²) in [5.41, 5.74) is 4.06. The number of esters is 2. The van der Waals surface area contributed by atoms with Crippen molar-refractivity contribution in [2.24, 2.45) is 5.73 Å². The number of allylic oxidation sites excluding steroid dienone is 2. The molecule has 5 N–H and O–H groups in total. The van der Waals surface area contributed by atoms with Gasteiger partial charge in [0.2, 0.25) is 0 Å². The van der Waals surface area contributed by atoms with Gasteiger partial charge in [0.25, 0.3) is 0 Å². The van der Waals surface area contributed by atoms with Gasteiger partial charge in [-0.15, -0.1) is 0 Å². The zero-order valence-electron chi connectivity index (χ0n) is 33.8. The Labute approximate surface area is 323 Å². The molecule has 0 heterocycles. The number of nitrogens with two attached hydrogens (primary N) is 1. The Balaban J connectivity index is 4.47. The second-order valence-corrected chi connectivity index (χ2v) is 16.3. The molecular formula is C41H80NO10P. The number of carbonyl (C=O) groups excluding carboxylic acids is 2. The third kappa shape index (κ3) is 34.9. The average molecular weight is 778 g/mol. The second-order valence-electron chi connectivity index (χ2n) is 14.8. The summed E-state index contributed by atoms with van der Waals surface area (Å²) in [6, 6.07) is 0. The Morgan fingerprint density at radius 3 is 1.43 bits per heavy atom. The highest BCUT2D eigenvalue weighted by Crippen LogP contribution is 2.44. The molecule has 0 rings (SSSR count).